The second-order valence-corrected chi connectivity index (χ2v) is 4.55. The number of aliphatic hydroxyl groups excluding tert-OH is 2. The third-order valence-corrected chi connectivity index (χ3v) is 3.35. The molecule has 1 aliphatic rings. The van der Waals surface area contributed by atoms with Crippen molar-refractivity contribution in [3.05, 3.63) is 22.6 Å². The summed E-state index contributed by atoms with van der Waals surface area (Å²) in [7, 11) is 0. The van der Waals surface area contributed by atoms with E-state index in [4.69, 9.17) is 9.84 Å². The predicted octanol–water partition coefficient (Wildman–Crippen LogP) is -0.394. The van der Waals surface area contributed by atoms with Crippen LogP contribution in [0.15, 0.2) is 22.2 Å². The summed E-state index contributed by atoms with van der Waals surface area (Å²) in [5.41, 5.74) is -0.303. The molecule has 2 rings (SSSR count). The third-order valence-electron chi connectivity index (χ3n) is 2.68. The summed E-state index contributed by atoms with van der Waals surface area (Å²) in [6.07, 6.45) is 2.13. The van der Waals surface area contributed by atoms with Gasteiger partial charge in [0.05, 0.1) is 12.7 Å². The Balaban J connectivity index is 2.26. The summed E-state index contributed by atoms with van der Waals surface area (Å²) < 4.78 is 7.20. The highest BCUT2D eigenvalue weighted by atomic mass is 32.2. The molecule has 1 saturated heterocycles. The fourth-order valence-corrected chi connectivity index (χ4v) is 2.39. The van der Waals surface area contributed by atoms with Gasteiger partial charge in [-0.05, 0) is 6.26 Å². The molecule has 1 aromatic heterocycles. The maximum Gasteiger partial charge on any atom is 0.273 e. The Labute approximate surface area is 102 Å². The largest absolute Gasteiger partial charge is 0.394 e. The second-order valence-electron chi connectivity index (χ2n) is 3.77. The zero-order valence-corrected chi connectivity index (χ0v) is 10.1. The van der Waals surface area contributed by atoms with Gasteiger partial charge in [-0.15, -0.1) is 0 Å². The molecule has 2 heterocycles. The first-order valence-electron chi connectivity index (χ1n) is 5.23. The Bertz CT molecular complexity index is 450. The highest BCUT2D eigenvalue weighted by Crippen LogP contribution is 2.30. The average molecular weight is 258 g/mol. The molecule has 1 fully saturated rings. The Hall–Kier alpha value is -0.890. The van der Waals surface area contributed by atoms with Crippen molar-refractivity contribution in [2.45, 2.75) is 30.0 Å². The molecule has 2 N–H and O–H groups in total. The van der Waals surface area contributed by atoms with E-state index in [-0.39, 0.29) is 12.2 Å². The number of nitrogens with zero attached hydrogens (tertiary/aromatic N) is 2. The summed E-state index contributed by atoms with van der Waals surface area (Å²) in [5, 5.41) is 19.2. The molecule has 0 bridgehead atoms. The SMILES string of the molecule is CSc1nc(=O)ccn1[C@H]1C[C@H](O)[C@@H](CO)O1. The molecule has 0 spiro atoms. The number of ether oxygens (including phenoxy) is 1. The van der Waals surface area contributed by atoms with Crippen LogP contribution in [0.25, 0.3) is 0 Å². The lowest BCUT2D eigenvalue weighted by molar-refractivity contribution is -0.0477. The molecule has 0 aliphatic carbocycles. The van der Waals surface area contributed by atoms with Crippen LogP contribution in [0.3, 0.4) is 0 Å². The van der Waals surface area contributed by atoms with Gasteiger partial charge in [0.15, 0.2) is 5.16 Å². The zero-order chi connectivity index (χ0) is 12.4. The van der Waals surface area contributed by atoms with Crippen LogP contribution in [-0.2, 0) is 4.74 Å². The van der Waals surface area contributed by atoms with Crippen molar-refractivity contribution in [1.29, 1.82) is 0 Å². The Morgan fingerprint density at radius 1 is 1.71 bits per heavy atom. The zero-order valence-electron chi connectivity index (χ0n) is 9.31. The van der Waals surface area contributed by atoms with Gasteiger partial charge in [-0.25, -0.2) is 0 Å². The lowest BCUT2D eigenvalue weighted by atomic mass is 10.2. The Kier molecular flexibility index (Phi) is 3.82. The van der Waals surface area contributed by atoms with Gasteiger partial charge in [0.1, 0.15) is 12.3 Å². The van der Waals surface area contributed by atoms with Gasteiger partial charge in [-0.3, -0.25) is 4.79 Å². The van der Waals surface area contributed by atoms with Crippen molar-refractivity contribution in [2.75, 3.05) is 12.9 Å². The van der Waals surface area contributed by atoms with Crippen LogP contribution in [0.4, 0.5) is 0 Å². The van der Waals surface area contributed by atoms with Gasteiger partial charge in [0, 0.05) is 18.7 Å². The van der Waals surface area contributed by atoms with Crippen LogP contribution in [0.2, 0.25) is 0 Å². The summed E-state index contributed by atoms with van der Waals surface area (Å²) in [6, 6.07) is 1.35. The topological polar surface area (TPSA) is 84.6 Å². The highest BCUT2D eigenvalue weighted by molar-refractivity contribution is 7.98. The summed E-state index contributed by atoms with van der Waals surface area (Å²) >= 11 is 1.33. The number of rotatable bonds is 3. The predicted molar refractivity (Wildman–Crippen MR) is 61.9 cm³/mol. The first-order chi connectivity index (χ1) is 8.15. The fraction of sp³-hybridized carbons (Fsp3) is 0.600. The number of hydrogen-bond acceptors (Lipinski definition) is 6. The minimum absolute atomic E-state index is 0.222. The smallest absolute Gasteiger partial charge is 0.273 e. The molecule has 0 aromatic carbocycles. The van der Waals surface area contributed by atoms with Crippen LogP contribution in [-0.4, -0.2) is 44.8 Å². The molecule has 1 aromatic rings. The number of aromatic nitrogens is 2. The molecular formula is C10H14N2O4S. The maximum atomic E-state index is 11.1. The van der Waals surface area contributed by atoms with E-state index in [9.17, 15) is 9.90 Å². The van der Waals surface area contributed by atoms with Gasteiger partial charge in [-0.1, -0.05) is 11.8 Å². The summed E-state index contributed by atoms with van der Waals surface area (Å²) in [6.45, 7) is -0.222. The molecule has 3 atom stereocenters. The van der Waals surface area contributed by atoms with Gasteiger partial charge in [-0.2, -0.15) is 4.98 Å². The molecule has 1 aliphatic heterocycles. The molecule has 0 saturated carbocycles. The fourth-order valence-electron chi connectivity index (χ4n) is 1.82. The van der Waals surface area contributed by atoms with Gasteiger partial charge < -0.3 is 19.5 Å². The molecule has 0 amide bonds. The summed E-state index contributed by atoms with van der Waals surface area (Å²) in [5.74, 6) is 0. The average Bonchev–Trinajstić information content (AvgIpc) is 2.70. The quantitative estimate of drug-likeness (QED) is 0.567. The van der Waals surface area contributed by atoms with Crippen molar-refractivity contribution >= 4 is 11.8 Å². The van der Waals surface area contributed by atoms with E-state index in [0.717, 1.165) is 0 Å². The van der Waals surface area contributed by atoms with Crippen molar-refractivity contribution in [2.24, 2.45) is 0 Å². The van der Waals surface area contributed by atoms with E-state index < -0.39 is 18.4 Å². The minimum Gasteiger partial charge on any atom is -0.394 e. The molecule has 7 heteroatoms. The first kappa shape index (κ1) is 12.6. The van der Waals surface area contributed by atoms with Gasteiger partial charge in [0.2, 0.25) is 0 Å². The van der Waals surface area contributed by atoms with Crippen LogP contribution in [0.1, 0.15) is 12.6 Å². The van der Waals surface area contributed by atoms with Crippen LogP contribution < -0.4 is 5.56 Å². The highest BCUT2D eigenvalue weighted by Gasteiger charge is 2.34. The number of thioether (sulfide) groups is 1. The minimum atomic E-state index is -0.695. The lowest BCUT2D eigenvalue weighted by Gasteiger charge is -2.17. The third kappa shape index (κ3) is 2.52. The molecule has 0 radical (unpaired) electrons. The molecule has 17 heavy (non-hydrogen) atoms. The van der Waals surface area contributed by atoms with E-state index in [1.807, 2.05) is 6.26 Å². The second kappa shape index (κ2) is 5.18. The van der Waals surface area contributed by atoms with Crippen LogP contribution in [0.5, 0.6) is 0 Å². The summed E-state index contributed by atoms with van der Waals surface area (Å²) in [4.78, 5) is 15.0. The normalized spacial score (nSPS) is 28.5. The Morgan fingerprint density at radius 2 is 2.47 bits per heavy atom. The van der Waals surface area contributed by atoms with Gasteiger partial charge >= 0.3 is 0 Å². The van der Waals surface area contributed by atoms with Crippen molar-refractivity contribution in [3.63, 3.8) is 0 Å². The number of aliphatic hydroxyl groups is 2. The maximum absolute atomic E-state index is 11.1. The molecular weight excluding hydrogens is 244 g/mol. The van der Waals surface area contributed by atoms with E-state index in [2.05, 4.69) is 4.98 Å². The number of hydrogen-bond donors (Lipinski definition) is 2. The standard InChI is InChI=1S/C10H14N2O4S/c1-17-10-11-8(15)2-3-12(10)9-4-6(14)7(5-13)16-9/h2-3,6-7,9,13-14H,4-5H2,1H3/t6-,7+,9+/m0/s1. The van der Waals surface area contributed by atoms with Crippen molar-refractivity contribution < 1.29 is 14.9 Å². The van der Waals surface area contributed by atoms with E-state index >= 15 is 0 Å². The van der Waals surface area contributed by atoms with E-state index in [1.54, 1.807) is 10.8 Å². The van der Waals surface area contributed by atoms with Crippen LogP contribution >= 0.6 is 11.8 Å². The van der Waals surface area contributed by atoms with E-state index in [0.29, 0.717) is 11.6 Å². The van der Waals surface area contributed by atoms with Crippen molar-refractivity contribution in [1.82, 2.24) is 9.55 Å². The first-order valence-corrected chi connectivity index (χ1v) is 6.45. The van der Waals surface area contributed by atoms with Crippen LogP contribution in [0, 0.1) is 0 Å². The molecule has 6 nitrogen and oxygen atoms in total. The van der Waals surface area contributed by atoms with E-state index in [1.165, 1.54) is 17.8 Å². The molecule has 0 unspecified atom stereocenters. The van der Waals surface area contributed by atoms with Crippen molar-refractivity contribution in [3.8, 4) is 0 Å². The molecule has 94 valence electrons. The monoisotopic (exact) mass is 258 g/mol. The Morgan fingerprint density at radius 3 is 3.06 bits per heavy atom. The van der Waals surface area contributed by atoms with Gasteiger partial charge in [0.25, 0.3) is 5.56 Å². The lowest BCUT2D eigenvalue weighted by Crippen LogP contribution is -2.24.